The molecule has 0 amide bonds. The highest BCUT2D eigenvalue weighted by Gasteiger charge is 2.69. The van der Waals surface area contributed by atoms with Crippen molar-refractivity contribution in [2.45, 2.75) is 113 Å². The average molecular weight is 505 g/mol. The topological polar surface area (TPSA) is 25.4 Å². The molecule has 3 nitrogen and oxygen atoms in total. The van der Waals surface area contributed by atoms with Crippen LogP contribution in [0.15, 0.2) is 60.0 Å². The minimum absolute atomic E-state index is 0.0252. The lowest BCUT2D eigenvalue weighted by Crippen LogP contribution is -2.56. The monoisotopic (exact) mass is 504 g/mol. The summed E-state index contributed by atoms with van der Waals surface area (Å²) in [6.45, 7) is 2.61. The Labute approximate surface area is 226 Å². The van der Waals surface area contributed by atoms with Gasteiger partial charge in [-0.15, -0.1) is 0 Å². The second kappa shape index (κ2) is 7.02. The van der Waals surface area contributed by atoms with Crippen molar-refractivity contribution in [2.24, 2.45) is 23.2 Å². The molecule has 2 spiro atoms. The molecule has 2 aromatic rings. The molecule has 3 saturated heterocycles. The highest BCUT2D eigenvalue weighted by atomic mass is 16.5. The minimum Gasteiger partial charge on any atom is -0.359 e. The van der Waals surface area contributed by atoms with Gasteiger partial charge in [0.15, 0.2) is 0 Å². The zero-order chi connectivity index (χ0) is 24.9. The third-order valence-corrected chi connectivity index (χ3v) is 13.6. The Kier molecular flexibility index (Phi) is 4.03. The SMILES string of the molecule is CC12CC=C3C=C4CCC(N5C6CCC7C(C6)C75)CC45CCC3(O5)C1CCC2c1ccc2ccncc2c1. The lowest BCUT2D eigenvalue weighted by atomic mass is 9.58. The number of allylic oxidation sites excluding steroid dienone is 1. The van der Waals surface area contributed by atoms with Crippen LogP contribution in [-0.2, 0) is 4.74 Å². The van der Waals surface area contributed by atoms with Crippen molar-refractivity contribution in [1.29, 1.82) is 0 Å². The molecule has 5 aliphatic carbocycles. The number of ether oxygens (including phenoxy) is 1. The van der Waals surface area contributed by atoms with Crippen LogP contribution >= 0.6 is 0 Å². The maximum atomic E-state index is 7.66. The lowest BCUT2D eigenvalue weighted by molar-refractivity contribution is -0.142. The highest BCUT2D eigenvalue weighted by molar-refractivity contribution is 5.82. The molecule has 38 heavy (non-hydrogen) atoms. The molecule has 3 heteroatoms. The molecule has 196 valence electrons. The lowest BCUT2D eigenvalue weighted by Gasteiger charge is -2.55. The van der Waals surface area contributed by atoms with Crippen molar-refractivity contribution in [3.05, 3.63) is 65.5 Å². The highest BCUT2D eigenvalue weighted by Crippen LogP contribution is 2.70. The van der Waals surface area contributed by atoms with Crippen LogP contribution in [-0.4, -0.2) is 39.2 Å². The first-order chi connectivity index (χ1) is 18.6. The van der Waals surface area contributed by atoms with E-state index >= 15 is 0 Å². The van der Waals surface area contributed by atoms with Gasteiger partial charge in [-0.25, -0.2) is 0 Å². The third kappa shape index (κ3) is 2.53. The molecular formula is C35H40N2O. The standard InChI is InChI=1S/C35H40N2O/c1-33-12-10-25-17-24-4-5-27(37-26-6-7-28-29(18-26)32(28)37)19-34(24)13-14-35(25,38-34)31(33)9-8-30(33)22-3-2-21-11-15-36-20-23(21)16-22/h2-3,10-11,15-17,20,26-32H,4-9,12-14,18-19H2,1H3. The Morgan fingerprint density at radius 1 is 0.974 bits per heavy atom. The Balaban J connectivity index is 0.996. The third-order valence-electron chi connectivity index (χ3n) is 13.6. The largest absolute Gasteiger partial charge is 0.359 e. The molecule has 1 aromatic heterocycles. The van der Waals surface area contributed by atoms with Crippen LogP contribution in [0.3, 0.4) is 0 Å². The molecule has 1 aromatic carbocycles. The Hall–Kier alpha value is -1.97. The first-order valence-corrected chi connectivity index (χ1v) is 15.8. The number of hydrogen-bond acceptors (Lipinski definition) is 3. The molecule has 11 rings (SSSR count). The molecule has 5 heterocycles. The first kappa shape index (κ1) is 21.8. The predicted octanol–water partition coefficient (Wildman–Crippen LogP) is 7.33. The van der Waals surface area contributed by atoms with E-state index in [1.807, 2.05) is 12.4 Å². The van der Waals surface area contributed by atoms with E-state index in [9.17, 15) is 0 Å². The van der Waals surface area contributed by atoms with E-state index in [0.29, 0.717) is 11.8 Å². The number of pyridine rings is 1. The van der Waals surface area contributed by atoms with Crippen molar-refractivity contribution in [3.8, 4) is 0 Å². The van der Waals surface area contributed by atoms with Gasteiger partial charge in [0.2, 0.25) is 0 Å². The summed E-state index contributed by atoms with van der Waals surface area (Å²) in [7, 11) is 0. The van der Waals surface area contributed by atoms with Gasteiger partial charge in [0.05, 0.1) is 11.2 Å². The van der Waals surface area contributed by atoms with E-state index in [-0.39, 0.29) is 16.6 Å². The summed E-state index contributed by atoms with van der Waals surface area (Å²) in [6, 6.07) is 11.9. The number of hydrogen-bond donors (Lipinski definition) is 0. The number of rotatable bonds is 2. The van der Waals surface area contributed by atoms with Crippen LogP contribution in [0.4, 0.5) is 0 Å². The van der Waals surface area contributed by atoms with Gasteiger partial charge in [0.25, 0.3) is 0 Å². The molecule has 7 fully saturated rings. The molecule has 9 aliphatic rings. The number of piperidine rings is 2. The van der Waals surface area contributed by atoms with Gasteiger partial charge < -0.3 is 4.74 Å². The van der Waals surface area contributed by atoms with Crippen LogP contribution in [0.2, 0.25) is 0 Å². The average Bonchev–Trinajstić information content (AvgIpc) is 3.21. The fraction of sp³-hybridized carbons (Fsp3) is 0.629. The zero-order valence-corrected chi connectivity index (χ0v) is 22.7. The van der Waals surface area contributed by atoms with Gasteiger partial charge >= 0.3 is 0 Å². The molecule has 10 unspecified atom stereocenters. The maximum absolute atomic E-state index is 7.66. The predicted molar refractivity (Wildman–Crippen MR) is 150 cm³/mol. The van der Waals surface area contributed by atoms with Crippen molar-refractivity contribution in [2.75, 3.05) is 0 Å². The van der Waals surface area contributed by atoms with Crippen molar-refractivity contribution in [1.82, 2.24) is 9.88 Å². The van der Waals surface area contributed by atoms with Gasteiger partial charge in [-0.1, -0.05) is 31.2 Å². The van der Waals surface area contributed by atoms with Crippen LogP contribution in [0.1, 0.15) is 89.0 Å². The molecule has 10 atom stereocenters. The molecule has 0 radical (unpaired) electrons. The summed E-state index contributed by atoms with van der Waals surface area (Å²) in [5.41, 5.74) is 4.98. The summed E-state index contributed by atoms with van der Waals surface area (Å²) >= 11 is 0. The fourth-order valence-electron chi connectivity index (χ4n) is 11.9. The number of benzene rings is 1. The second-order valence-corrected chi connectivity index (χ2v) is 14.8. The Morgan fingerprint density at radius 2 is 1.95 bits per heavy atom. The van der Waals surface area contributed by atoms with E-state index in [1.54, 1.807) is 11.1 Å². The smallest absolute Gasteiger partial charge is 0.0974 e. The van der Waals surface area contributed by atoms with E-state index in [4.69, 9.17) is 4.74 Å². The number of nitrogens with zero attached hydrogens (tertiary/aromatic N) is 2. The van der Waals surface area contributed by atoms with Gasteiger partial charge in [-0.3, -0.25) is 9.88 Å². The normalized spacial score (nSPS) is 49.8. The molecule has 4 saturated carbocycles. The van der Waals surface area contributed by atoms with E-state index in [0.717, 1.165) is 30.0 Å². The van der Waals surface area contributed by atoms with Crippen LogP contribution < -0.4 is 0 Å². The van der Waals surface area contributed by atoms with Crippen LogP contribution in [0.25, 0.3) is 10.8 Å². The van der Waals surface area contributed by atoms with Crippen molar-refractivity contribution >= 4 is 10.8 Å². The van der Waals surface area contributed by atoms with Crippen LogP contribution in [0, 0.1) is 23.2 Å². The minimum atomic E-state index is -0.0440. The summed E-state index contributed by atoms with van der Waals surface area (Å²) in [6.07, 6.45) is 23.9. The van der Waals surface area contributed by atoms with E-state index < -0.39 is 0 Å². The Bertz CT molecular complexity index is 1440. The van der Waals surface area contributed by atoms with Gasteiger partial charge in [0.1, 0.15) is 0 Å². The number of fused-ring (bicyclic) bond motifs is 3. The summed E-state index contributed by atoms with van der Waals surface area (Å²) in [5.74, 6) is 3.32. The quantitative estimate of drug-likeness (QED) is 0.428. The van der Waals surface area contributed by atoms with E-state index in [1.165, 1.54) is 87.0 Å². The van der Waals surface area contributed by atoms with Gasteiger partial charge in [-0.2, -0.15) is 0 Å². The van der Waals surface area contributed by atoms with Crippen molar-refractivity contribution < 1.29 is 4.74 Å². The summed E-state index contributed by atoms with van der Waals surface area (Å²) < 4.78 is 7.66. The van der Waals surface area contributed by atoms with Gasteiger partial charge in [0, 0.05) is 35.9 Å². The number of aromatic nitrogens is 1. The zero-order valence-electron chi connectivity index (χ0n) is 22.7. The molecular weight excluding hydrogens is 464 g/mol. The summed E-state index contributed by atoms with van der Waals surface area (Å²) in [4.78, 5) is 7.47. The van der Waals surface area contributed by atoms with Gasteiger partial charge in [-0.05, 0) is 134 Å². The molecule has 6 bridgehead atoms. The fourth-order valence-corrected chi connectivity index (χ4v) is 11.9. The molecule has 4 aliphatic heterocycles. The van der Waals surface area contributed by atoms with Crippen molar-refractivity contribution in [3.63, 3.8) is 0 Å². The molecule has 0 N–H and O–H groups in total. The van der Waals surface area contributed by atoms with Crippen LogP contribution in [0.5, 0.6) is 0 Å². The maximum Gasteiger partial charge on any atom is 0.0974 e. The first-order valence-electron chi connectivity index (χ1n) is 15.8. The Morgan fingerprint density at radius 3 is 2.84 bits per heavy atom. The second-order valence-electron chi connectivity index (χ2n) is 14.8. The van der Waals surface area contributed by atoms with E-state index in [2.05, 4.69) is 53.2 Å². The summed E-state index contributed by atoms with van der Waals surface area (Å²) in [5, 5.41) is 2.58.